The maximum absolute atomic E-state index is 14.8. The number of likely N-dealkylation sites (N-methyl/N-ethyl adjacent to an activating group) is 1. The number of unbranched alkanes of at least 4 members (excludes halogenated alkanes) is 4. The monoisotopic (exact) mass is 1460 g/mol. The zero-order chi connectivity index (χ0) is 77.9. The maximum Gasteiger partial charge on any atom is 0.271 e. The molecule has 0 spiro atoms. The molecule has 2 aliphatic heterocycles. The quantitative estimate of drug-likeness (QED) is 0.0441. The number of aliphatic imine (C=N–C) groups is 1. The smallest absolute Gasteiger partial charge is 0.271 e. The molecule has 1 aromatic rings. The average molecular weight is 1460 g/mol. The van der Waals surface area contributed by atoms with Crippen molar-refractivity contribution in [3.05, 3.63) is 35.9 Å². The number of nitrogens with zero attached hydrogens (tertiary/aromatic N) is 3. The Bertz CT molecular complexity index is 3120. The van der Waals surface area contributed by atoms with E-state index < -0.39 is 254 Å². The van der Waals surface area contributed by atoms with Crippen LogP contribution in [0.5, 0.6) is 0 Å². The zero-order valence-electron chi connectivity index (χ0n) is 61.1. The van der Waals surface area contributed by atoms with Crippen molar-refractivity contribution in [2.75, 3.05) is 20.2 Å². The van der Waals surface area contributed by atoms with Gasteiger partial charge in [0.25, 0.3) is 11.8 Å². The van der Waals surface area contributed by atoms with Crippen molar-refractivity contribution in [2.24, 2.45) is 40.1 Å². The van der Waals surface area contributed by atoms with Crippen LogP contribution in [0.4, 0.5) is 0 Å². The van der Waals surface area contributed by atoms with Gasteiger partial charge in [0, 0.05) is 58.3 Å². The number of fused-ring (bicyclic) bond motifs is 1. The number of primary amides is 2. The minimum absolute atomic E-state index is 0.0954. The lowest BCUT2D eigenvalue weighted by molar-refractivity contribution is -0.148. The number of hydrogen-bond acceptors (Lipinski definition) is 20. The van der Waals surface area contributed by atoms with E-state index in [0.29, 0.717) is 18.4 Å². The Kier molecular flexibility index (Phi) is 36.9. The van der Waals surface area contributed by atoms with Crippen LogP contribution in [0.1, 0.15) is 165 Å². The molecule has 17 unspecified atom stereocenters. The third-order valence-electron chi connectivity index (χ3n) is 18.1. The summed E-state index contributed by atoms with van der Waals surface area (Å²) < 4.78 is 0. The summed E-state index contributed by atoms with van der Waals surface area (Å²) in [5, 5.41) is 88.8. The summed E-state index contributed by atoms with van der Waals surface area (Å²) in [6, 6.07) is -10.9. The van der Waals surface area contributed by atoms with E-state index in [2.05, 4.69) is 52.8 Å². The number of nitrogens with two attached hydrogens (primary N) is 2. The minimum atomic E-state index is -2.60. The highest BCUT2D eigenvalue weighted by atomic mass is 16.3. The average Bonchev–Trinajstić information content (AvgIpc) is 1.75. The van der Waals surface area contributed by atoms with E-state index in [0.717, 1.165) is 43.0 Å². The number of carbonyl (C=O) groups is 14. The number of hydrogen-bond donors (Lipinski definition) is 17. The largest absolute Gasteiger partial charge is 0.396 e. The number of carbonyl (C=O) groups excluding carboxylic acids is 14. The molecule has 0 aromatic heterocycles. The second kappa shape index (κ2) is 42.9. The number of amides is 14. The summed E-state index contributed by atoms with van der Waals surface area (Å²) in [5.74, 6) is -18.9. The van der Waals surface area contributed by atoms with Crippen molar-refractivity contribution in [1.29, 1.82) is 0 Å². The second-order valence-corrected chi connectivity index (χ2v) is 27.9. The van der Waals surface area contributed by atoms with Crippen molar-refractivity contribution in [2.45, 2.75) is 263 Å². The van der Waals surface area contributed by atoms with E-state index in [-0.39, 0.29) is 25.7 Å². The first-order valence-corrected chi connectivity index (χ1v) is 35.3. The standard InChI is InChI=1S/C69H112N14O20/c1-13-15-16-17-21-24-41-31-49(89)77-50(35(5)6)63(97)80-53(56(90)36(7)8)65(99)73-43(27-28-84)59(93)75-45(29-34(3)4)60(94)74-44(25-26-48(70)88)68(102)82(12)55(37(9)14-2)67(101)81-54(57(91)58(71)92)66(100)79-52(39(11)86)69(103)83-33-42(87)32-47(83)62(96)76-46(30-40-22-19-18-20-23-40)61(95)78-51(38(10)85)64(98)72-41/h18-20,22-23,34-39,41-42,44-47,50-57,84-87,90-91H,13-17,21,24-33H2,1-12H3,(H2,70,88)(H2,71,92)(H,72,98)(H,74,94)(H,75,93)(H,76,96)(H,77,89)(H,78,95)(H,79,100)(H,80,97)(H,81,101). The van der Waals surface area contributed by atoms with Crippen LogP contribution in [0.2, 0.25) is 0 Å². The summed E-state index contributed by atoms with van der Waals surface area (Å²) in [4.78, 5) is 205. The van der Waals surface area contributed by atoms with Crippen LogP contribution in [-0.2, 0) is 73.5 Å². The van der Waals surface area contributed by atoms with Crippen molar-refractivity contribution in [3.8, 4) is 0 Å². The van der Waals surface area contributed by atoms with Crippen LogP contribution in [0.3, 0.4) is 0 Å². The molecule has 19 N–H and O–H groups in total. The van der Waals surface area contributed by atoms with Gasteiger partial charge in [-0.2, -0.15) is 0 Å². The fourth-order valence-electron chi connectivity index (χ4n) is 11.9. The molecule has 578 valence electrons. The van der Waals surface area contributed by atoms with Gasteiger partial charge in [0.15, 0.2) is 6.10 Å². The fraction of sp³-hybridized carbons (Fsp3) is 0.696. The van der Waals surface area contributed by atoms with Gasteiger partial charge in [0.05, 0.1) is 24.4 Å². The minimum Gasteiger partial charge on any atom is -0.396 e. The Hall–Kier alpha value is -8.57. The highest BCUT2D eigenvalue weighted by Gasteiger charge is 2.47. The number of nitrogens with one attached hydrogen (secondary N) is 9. The van der Waals surface area contributed by atoms with Gasteiger partial charge in [-0.15, -0.1) is 0 Å². The molecule has 3 rings (SSSR count). The van der Waals surface area contributed by atoms with Gasteiger partial charge >= 0.3 is 0 Å². The summed E-state index contributed by atoms with van der Waals surface area (Å²) in [6.07, 6.45) is -8.51. The first-order chi connectivity index (χ1) is 48.3. The van der Waals surface area contributed by atoms with Crippen LogP contribution in [0.15, 0.2) is 35.3 Å². The highest BCUT2D eigenvalue weighted by molar-refractivity contribution is 6.41. The van der Waals surface area contributed by atoms with Crippen LogP contribution in [0, 0.1) is 23.7 Å². The topological polar surface area (TPSA) is 540 Å². The van der Waals surface area contributed by atoms with E-state index in [9.17, 15) is 97.8 Å². The number of aliphatic hydroxyl groups is 6. The molecule has 2 aliphatic rings. The molecule has 17 atom stereocenters. The highest BCUT2D eigenvalue weighted by Crippen LogP contribution is 2.23. The van der Waals surface area contributed by atoms with E-state index in [1.54, 1.807) is 65.0 Å². The molecular weight excluding hydrogens is 1340 g/mol. The number of aliphatic hydroxyl groups excluding tert-OH is 6. The van der Waals surface area contributed by atoms with E-state index in [4.69, 9.17) is 11.5 Å². The lowest BCUT2D eigenvalue weighted by Crippen LogP contribution is -2.65. The third kappa shape index (κ3) is 27.5. The molecule has 0 bridgehead atoms. The third-order valence-corrected chi connectivity index (χ3v) is 18.1. The van der Waals surface area contributed by atoms with E-state index >= 15 is 0 Å². The van der Waals surface area contributed by atoms with Gasteiger partial charge in [-0.05, 0) is 62.3 Å². The number of benzene rings is 1. The summed E-state index contributed by atoms with van der Waals surface area (Å²) >= 11 is 0. The Labute approximate surface area is 600 Å². The van der Waals surface area contributed by atoms with Crippen molar-refractivity contribution >= 4 is 88.4 Å². The summed E-state index contributed by atoms with van der Waals surface area (Å²) in [5.41, 5.74) is 10.8. The Morgan fingerprint density at radius 3 is 1.73 bits per heavy atom. The second-order valence-electron chi connectivity index (χ2n) is 27.9. The van der Waals surface area contributed by atoms with Gasteiger partial charge in [0.2, 0.25) is 70.9 Å². The summed E-state index contributed by atoms with van der Waals surface area (Å²) in [6.45, 7) is 15.4. The molecule has 103 heavy (non-hydrogen) atoms. The van der Waals surface area contributed by atoms with Gasteiger partial charge < -0.3 is 99.8 Å². The Balaban J connectivity index is 2.38. The molecular formula is C69H112N14O20. The van der Waals surface area contributed by atoms with Crippen molar-refractivity contribution in [1.82, 2.24) is 57.7 Å². The van der Waals surface area contributed by atoms with Crippen molar-refractivity contribution < 1.29 is 97.8 Å². The van der Waals surface area contributed by atoms with Crippen LogP contribution >= 0.6 is 0 Å². The first kappa shape index (κ1) is 88.6. The molecule has 34 heteroatoms. The molecule has 1 aromatic carbocycles. The Morgan fingerprint density at radius 1 is 0.612 bits per heavy atom. The Morgan fingerprint density at radius 2 is 1.17 bits per heavy atom. The SMILES string of the molecule is CCCCCCCC1CC(=O)NC(C(C)C)C(=O)NC(C(O)C(C)C)C(=O)N=C(CCO)C(=O)NC(CC(C)C)C(=O)NC(CCC(N)=O)C(=O)N(C)C(C(C)CC)C(=O)NC(C(O)C(N)=O)C(=O)NC(C(C)O)C(=O)N2CC(O)CC2C(=O)NC(Cc2ccccc2)C(=O)NC(C(C)O)C(=O)N1. The molecule has 0 saturated carbocycles. The predicted octanol–water partition coefficient (Wildman–Crippen LogP) is -3.87. The fourth-order valence-corrected chi connectivity index (χ4v) is 11.9. The van der Waals surface area contributed by atoms with Crippen LogP contribution < -0.4 is 59.3 Å². The zero-order valence-corrected chi connectivity index (χ0v) is 61.1. The van der Waals surface area contributed by atoms with Crippen LogP contribution in [0.25, 0.3) is 0 Å². The molecule has 1 fully saturated rings. The van der Waals surface area contributed by atoms with Gasteiger partial charge in [-0.25, -0.2) is 4.99 Å². The number of rotatable bonds is 24. The lowest BCUT2D eigenvalue weighted by Gasteiger charge is -2.36. The van der Waals surface area contributed by atoms with E-state index in [1.807, 2.05) is 6.92 Å². The normalized spacial score (nSPS) is 26.7. The van der Waals surface area contributed by atoms with Crippen molar-refractivity contribution in [3.63, 3.8) is 0 Å². The molecule has 34 nitrogen and oxygen atoms in total. The molecule has 2 heterocycles. The molecule has 0 aliphatic carbocycles. The maximum atomic E-state index is 14.8. The lowest BCUT2D eigenvalue weighted by atomic mass is 9.95. The van der Waals surface area contributed by atoms with E-state index in [1.165, 1.54) is 27.7 Å². The first-order valence-electron chi connectivity index (χ1n) is 35.3. The summed E-state index contributed by atoms with van der Waals surface area (Å²) in [7, 11) is 1.11. The van der Waals surface area contributed by atoms with Gasteiger partial charge in [-0.3, -0.25) is 67.1 Å². The van der Waals surface area contributed by atoms with Gasteiger partial charge in [0.1, 0.15) is 66.1 Å². The molecule has 14 amide bonds. The van der Waals surface area contributed by atoms with Crippen LogP contribution in [-0.4, -0.2) is 246 Å². The predicted molar refractivity (Wildman–Crippen MR) is 374 cm³/mol. The molecule has 1 saturated heterocycles. The molecule has 0 radical (unpaired) electrons. The van der Waals surface area contributed by atoms with Gasteiger partial charge in [-0.1, -0.05) is 131 Å².